The molecule has 0 aliphatic rings. The van der Waals surface area contributed by atoms with E-state index in [1.807, 2.05) is 24.3 Å². The zero-order valence-electron chi connectivity index (χ0n) is 25.3. The van der Waals surface area contributed by atoms with E-state index in [0.29, 0.717) is 17.6 Å². The van der Waals surface area contributed by atoms with Crippen LogP contribution in [0.5, 0.6) is 0 Å². The Hall–Kier alpha value is -6.39. The summed E-state index contributed by atoms with van der Waals surface area (Å²) >= 11 is 0. The maximum absolute atomic E-state index is 5.22. The molecule has 0 unspecified atom stereocenters. The predicted molar refractivity (Wildman–Crippen MR) is 194 cm³/mol. The van der Waals surface area contributed by atoms with E-state index in [0.717, 1.165) is 27.7 Å². The molecule has 0 bridgehead atoms. The van der Waals surface area contributed by atoms with E-state index < -0.39 is 0 Å². The van der Waals surface area contributed by atoms with E-state index in [1.54, 1.807) is 0 Å². The van der Waals surface area contributed by atoms with Crippen molar-refractivity contribution in [2.24, 2.45) is 0 Å². The van der Waals surface area contributed by atoms with Crippen LogP contribution in [0.3, 0.4) is 0 Å². The molecule has 0 aliphatic carbocycles. The van der Waals surface area contributed by atoms with Crippen LogP contribution in [0.2, 0.25) is 0 Å². The molecule has 0 aliphatic heterocycles. The molecule has 0 spiro atoms. The summed E-state index contributed by atoms with van der Waals surface area (Å²) in [5.74, 6) is 1.88. The van der Waals surface area contributed by atoms with Gasteiger partial charge in [-0.3, -0.25) is 4.57 Å². The minimum atomic E-state index is 0.602. The minimum Gasteiger partial charge on any atom is -0.278 e. The van der Waals surface area contributed by atoms with Crippen LogP contribution in [-0.4, -0.2) is 19.5 Å². The summed E-state index contributed by atoms with van der Waals surface area (Å²) in [5, 5.41) is 9.92. The van der Waals surface area contributed by atoms with Crippen molar-refractivity contribution in [2.75, 3.05) is 0 Å². The number of rotatable bonds is 4. The second kappa shape index (κ2) is 10.1. The fraction of sp³-hybridized carbons (Fsp3) is 0. The van der Waals surface area contributed by atoms with Crippen molar-refractivity contribution in [2.45, 2.75) is 0 Å². The number of nitrogens with zero attached hydrogens (tertiary/aromatic N) is 4. The quantitative estimate of drug-likeness (QED) is 0.189. The van der Waals surface area contributed by atoms with Gasteiger partial charge in [-0.25, -0.2) is 4.98 Å². The molecule has 10 aromatic rings. The van der Waals surface area contributed by atoms with Crippen LogP contribution >= 0.6 is 0 Å². The van der Waals surface area contributed by atoms with Gasteiger partial charge < -0.3 is 0 Å². The second-order valence-corrected chi connectivity index (χ2v) is 12.0. The van der Waals surface area contributed by atoms with Crippen LogP contribution < -0.4 is 0 Å². The lowest BCUT2D eigenvalue weighted by Gasteiger charge is -2.12. The topological polar surface area (TPSA) is 43.6 Å². The lowest BCUT2D eigenvalue weighted by Crippen LogP contribution is -2.06. The van der Waals surface area contributed by atoms with Crippen LogP contribution in [0.25, 0.3) is 94.0 Å². The average Bonchev–Trinajstić information content (AvgIpc) is 3.48. The third kappa shape index (κ3) is 3.92. The zero-order valence-corrected chi connectivity index (χ0v) is 25.3. The van der Waals surface area contributed by atoms with E-state index in [4.69, 9.17) is 15.0 Å². The molecule has 0 saturated heterocycles. The molecule has 2 aromatic heterocycles. The van der Waals surface area contributed by atoms with Crippen molar-refractivity contribution < 1.29 is 0 Å². The van der Waals surface area contributed by atoms with Crippen molar-refractivity contribution in [3.05, 3.63) is 158 Å². The summed E-state index contributed by atoms with van der Waals surface area (Å²) in [4.78, 5) is 15.5. The Kier molecular flexibility index (Phi) is 5.54. The number of hydrogen-bond donors (Lipinski definition) is 0. The van der Waals surface area contributed by atoms with E-state index >= 15 is 0 Å². The molecule has 10 rings (SSSR count). The maximum atomic E-state index is 5.22. The summed E-state index contributed by atoms with van der Waals surface area (Å²) in [6.07, 6.45) is 0. The summed E-state index contributed by atoms with van der Waals surface area (Å²) in [6.45, 7) is 0. The first-order chi connectivity index (χ1) is 23.3. The van der Waals surface area contributed by atoms with Crippen molar-refractivity contribution >= 4 is 54.1 Å². The van der Waals surface area contributed by atoms with Gasteiger partial charge in [0.15, 0.2) is 11.6 Å². The minimum absolute atomic E-state index is 0.602. The van der Waals surface area contributed by atoms with Gasteiger partial charge in [0, 0.05) is 27.3 Å². The van der Waals surface area contributed by atoms with Gasteiger partial charge in [0.05, 0.1) is 11.0 Å². The number of aromatic nitrogens is 4. The molecule has 2 heterocycles. The van der Waals surface area contributed by atoms with Crippen LogP contribution in [-0.2, 0) is 0 Å². The zero-order chi connectivity index (χ0) is 30.9. The van der Waals surface area contributed by atoms with Crippen LogP contribution in [0.15, 0.2) is 158 Å². The normalized spacial score (nSPS) is 11.8. The highest BCUT2D eigenvalue weighted by Crippen LogP contribution is 2.46. The standard InChI is InChI=1S/C43H26N4/c1-3-12-27(13-4-1)28-22-24-30(25-23-28)42-44-41(29-14-5-2-6-15-29)45-43(46-42)47-36-21-11-20-35-33-18-9-10-19-34(33)38-32-17-8-7-16-31(32)26-37(47)40(38)39(35)36/h1-26H. The first kappa shape index (κ1) is 25.9. The van der Waals surface area contributed by atoms with Crippen LogP contribution in [0.4, 0.5) is 0 Å². The van der Waals surface area contributed by atoms with Gasteiger partial charge in [-0.05, 0) is 50.2 Å². The Balaban J connectivity index is 1.30. The summed E-state index contributed by atoms with van der Waals surface area (Å²) in [6, 6.07) is 55.5. The number of hydrogen-bond acceptors (Lipinski definition) is 3. The predicted octanol–water partition coefficient (Wildman–Crippen LogP) is 10.9. The Labute approximate surface area is 270 Å². The largest absolute Gasteiger partial charge is 0.278 e. The Morgan fingerprint density at radius 1 is 0.340 bits per heavy atom. The third-order valence-corrected chi connectivity index (χ3v) is 9.40. The van der Waals surface area contributed by atoms with Gasteiger partial charge in [0.1, 0.15) is 0 Å². The van der Waals surface area contributed by atoms with Gasteiger partial charge in [-0.2, -0.15) is 9.97 Å². The first-order valence-electron chi connectivity index (χ1n) is 15.9. The van der Waals surface area contributed by atoms with Crippen molar-refractivity contribution in [3.8, 4) is 39.9 Å². The lowest BCUT2D eigenvalue weighted by atomic mass is 9.91. The van der Waals surface area contributed by atoms with Gasteiger partial charge in [0.25, 0.3) is 0 Å². The monoisotopic (exact) mass is 598 g/mol. The highest BCUT2D eigenvalue weighted by Gasteiger charge is 2.23. The third-order valence-electron chi connectivity index (χ3n) is 9.40. The smallest absolute Gasteiger partial charge is 0.238 e. The fourth-order valence-corrected chi connectivity index (χ4v) is 7.29. The summed E-state index contributed by atoms with van der Waals surface area (Å²) in [7, 11) is 0. The fourth-order valence-electron chi connectivity index (χ4n) is 7.29. The van der Waals surface area contributed by atoms with Gasteiger partial charge >= 0.3 is 0 Å². The average molecular weight is 599 g/mol. The van der Waals surface area contributed by atoms with Gasteiger partial charge in [-0.1, -0.05) is 146 Å². The molecule has 0 N–H and O–H groups in total. The lowest BCUT2D eigenvalue weighted by molar-refractivity contribution is 0.954. The molecule has 47 heavy (non-hydrogen) atoms. The molecule has 0 amide bonds. The summed E-state index contributed by atoms with van der Waals surface area (Å²) < 4.78 is 2.24. The van der Waals surface area contributed by atoms with Crippen molar-refractivity contribution in [1.82, 2.24) is 19.5 Å². The second-order valence-electron chi connectivity index (χ2n) is 12.0. The van der Waals surface area contributed by atoms with E-state index in [-0.39, 0.29) is 0 Å². The molecule has 4 heteroatoms. The Morgan fingerprint density at radius 2 is 0.872 bits per heavy atom. The van der Waals surface area contributed by atoms with E-state index in [9.17, 15) is 0 Å². The molecule has 218 valence electrons. The summed E-state index contributed by atoms with van der Waals surface area (Å²) in [5.41, 5.74) is 6.39. The first-order valence-corrected chi connectivity index (χ1v) is 15.9. The van der Waals surface area contributed by atoms with Crippen molar-refractivity contribution in [1.29, 1.82) is 0 Å². The molecule has 0 radical (unpaired) electrons. The molecule has 0 saturated carbocycles. The van der Waals surface area contributed by atoms with Crippen LogP contribution in [0, 0.1) is 0 Å². The number of benzene rings is 8. The molecule has 4 nitrogen and oxygen atoms in total. The SMILES string of the molecule is c1ccc(-c2ccc(-c3nc(-c4ccccc4)nc(-n4c5cccc6c7ccccc7c7c8ccccc8cc4c7c65)n3)cc2)cc1. The van der Waals surface area contributed by atoms with Gasteiger partial charge in [0.2, 0.25) is 5.95 Å². The Bertz CT molecular complexity index is 2760. The molecular formula is C43H26N4. The van der Waals surface area contributed by atoms with Gasteiger partial charge in [-0.15, -0.1) is 0 Å². The highest BCUT2D eigenvalue weighted by atomic mass is 15.2. The molecular weight excluding hydrogens is 573 g/mol. The number of fused-ring (bicyclic) bond motifs is 5. The molecule has 0 fully saturated rings. The van der Waals surface area contributed by atoms with Crippen LogP contribution in [0.1, 0.15) is 0 Å². The Morgan fingerprint density at radius 3 is 1.62 bits per heavy atom. The highest BCUT2D eigenvalue weighted by molar-refractivity contribution is 6.39. The van der Waals surface area contributed by atoms with E-state index in [1.165, 1.54) is 48.7 Å². The molecule has 8 aromatic carbocycles. The van der Waals surface area contributed by atoms with Crippen molar-refractivity contribution in [3.63, 3.8) is 0 Å². The molecule has 0 atom stereocenters. The van der Waals surface area contributed by atoms with E-state index in [2.05, 4.69) is 138 Å². The maximum Gasteiger partial charge on any atom is 0.238 e.